The summed E-state index contributed by atoms with van der Waals surface area (Å²) in [5.74, 6) is 0.936. The van der Waals surface area contributed by atoms with Crippen LogP contribution in [0.25, 0.3) is 0 Å². The number of nitrogens with zero attached hydrogens (tertiary/aromatic N) is 1. The van der Waals surface area contributed by atoms with Gasteiger partial charge in [-0.3, -0.25) is 0 Å². The van der Waals surface area contributed by atoms with Crippen molar-refractivity contribution in [1.29, 1.82) is 0 Å². The fourth-order valence-corrected chi connectivity index (χ4v) is 1.81. The van der Waals surface area contributed by atoms with Crippen LogP contribution in [0.1, 0.15) is 12.8 Å². The molecule has 1 aliphatic rings. The van der Waals surface area contributed by atoms with Crippen molar-refractivity contribution >= 4 is 0 Å². The number of rotatable bonds is 2. The maximum absolute atomic E-state index is 3.26. The average Bonchev–Trinajstić information content (AvgIpc) is 1.94. The maximum Gasteiger partial charge on any atom is 0.0785 e. The number of hydrogen-bond donors (Lipinski definition) is 1. The third-order valence-corrected chi connectivity index (χ3v) is 2.78. The Bertz CT molecular complexity index is 111. The van der Waals surface area contributed by atoms with Crippen molar-refractivity contribution in [2.75, 3.05) is 40.8 Å². The molecule has 0 spiro atoms. The normalized spacial score (nSPS) is 25.4. The molecule has 0 radical (unpaired) electrons. The molecule has 66 valence electrons. The van der Waals surface area contributed by atoms with Crippen LogP contribution < -0.4 is 5.32 Å². The Labute approximate surface area is 70.2 Å². The van der Waals surface area contributed by atoms with E-state index >= 15 is 0 Å². The molecule has 2 nitrogen and oxygen atoms in total. The first kappa shape index (κ1) is 9.01. The third kappa shape index (κ3) is 2.80. The van der Waals surface area contributed by atoms with Crippen molar-refractivity contribution in [1.82, 2.24) is 5.32 Å². The van der Waals surface area contributed by atoms with E-state index in [4.69, 9.17) is 0 Å². The SMILES string of the molecule is CNCC1CC[N+](C)(C)CC1. The molecule has 1 heterocycles. The van der Waals surface area contributed by atoms with Crippen LogP contribution >= 0.6 is 0 Å². The van der Waals surface area contributed by atoms with Gasteiger partial charge in [0.2, 0.25) is 0 Å². The van der Waals surface area contributed by atoms with Gasteiger partial charge in [-0.25, -0.2) is 0 Å². The van der Waals surface area contributed by atoms with Gasteiger partial charge in [-0.05, 0) is 19.5 Å². The summed E-state index contributed by atoms with van der Waals surface area (Å²) in [7, 11) is 6.71. The Morgan fingerprint density at radius 1 is 1.27 bits per heavy atom. The summed E-state index contributed by atoms with van der Waals surface area (Å²) in [6, 6.07) is 0. The van der Waals surface area contributed by atoms with Crippen LogP contribution in [0.15, 0.2) is 0 Å². The van der Waals surface area contributed by atoms with Gasteiger partial charge < -0.3 is 9.80 Å². The van der Waals surface area contributed by atoms with E-state index in [1.807, 2.05) is 0 Å². The van der Waals surface area contributed by atoms with Crippen LogP contribution in [-0.4, -0.2) is 45.3 Å². The Morgan fingerprint density at radius 3 is 2.27 bits per heavy atom. The number of piperidine rings is 1. The van der Waals surface area contributed by atoms with Crippen LogP contribution in [0.5, 0.6) is 0 Å². The number of likely N-dealkylation sites (tertiary alicyclic amines) is 1. The van der Waals surface area contributed by atoms with Gasteiger partial charge in [-0.1, -0.05) is 0 Å². The molecule has 1 saturated heterocycles. The highest BCUT2D eigenvalue weighted by atomic mass is 15.3. The number of hydrogen-bond acceptors (Lipinski definition) is 1. The van der Waals surface area contributed by atoms with Crippen molar-refractivity contribution in [2.24, 2.45) is 5.92 Å². The molecule has 0 atom stereocenters. The Morgan fingerprint density at radius 2 is 1.82 bits per heavy atom. The van der Waals surface area contributed by atoms with E-state index in [1.54, 1.807) is 0 Å². The summed E-state index contributed by atoms with van der Waals surface area (Å²) in [5.41, 5.74) is 0. The highest BCUT2D eigenvalue weighted by molar-refractivity contribution is 4.64. The molecule has 0 aromatic carbocycles. The zero-order valence-electron chi connectivity index (χ0n) is 8.06. The monoisotopic (exact) mass is 157 g/mol. The lowest BCUT2D eigenvalue weighted by Crippen LogP contribution is -2.47. The minimum atomic E-state index is 0.936. The minimum Gasteiger partial charge on any atom is -0.328 e. The first-order valence-electron chi connectivity index (χ1n) is 4.61. The largest absolute Gasteiger partial charge is 0.328 e. The molecule has 0 amide bonds. The lowest BCUT2D eigenvalue weighted by molar-refractivity contribution is -0.896. The molecule has 1 aliphatic heterocycles. The van der Waals surface area contributed by atoms with Crippen LogP contribution in [0.3, 0.4) is 0 Å². The first-order chi connectivity index (χ1) is 5.14. The molecule has 0 aromatic rings. The Balaban J connectivity index is 2.25. The molecule has 0 bridgehead atoms. The lowest BCUT2D eigenvalue weighted by Gasteiger charge is -2.37. The smallest absolute Gasteiger partial charge is 0.0785 e. The van der Waals surface area contributed by atoms with Crippen molar-refractivity contribution in [3.63, 3.8) is 0 Å². The second-order valence-corrected chi connectivity index (χ2v) is 4.38. The molecule has 11 heavy (non-hydrogen) atoms. The van der Waals surface area contributed by atoms with Gasteiger partial charge in [0.15, 0.2) is 0 Å². The van der Waals surface area contributed by atoms with Gasteiger partial charge in [-0.2, -0.15) is 0 Å². The standard InChI is InChI=1S/C9H21N2/c1-10-8-9-4-6-11(2,3)7-5-9/h9-10H,4-8H2,1-3H3/q+1. The van der Waals surface area contributed by atoms with Crippen molar-refractivity contribution in [3.8, 4) is 0 Å². The molecule has 1 N–H and O–H groups in total. The van der Waals surface area contributed by atoms with E-state index in [0.29, 0.717) is 0 Å². The summed E-state index contributed by atoms with van der Waals surface area (Å²) in [5, 5.41) is 3.26. The fourth-order valence-electron chi connectivity index (χ4n) is 1.81. The van der Waals surface area contributed by atoms with E-state index in [1.165, 1.54) is 37.0 Å². The molecule has 1 fully saturated rings. The van der Waals surface area contributed by atoms with Gasteiger partial charge >= 0.3 is 0 Å². The molecular formula is C9H21N2+. The van der Waals surface area contributed by atoms with E-state index in [-0.39, 0.29) is 0 Å². The summed E-state index contributed by atoms with van der Waals surface area (Å²) in [4.78, 5) is 0. The summed E-state index contributed by atoms with van der Waals surface area (Å²) in [6.45, 7) is 3.92. The summed E-state index contributed by atoms with van der Waals surface area (Å²) < 4.78 is 1.22. The molecule has 0 unspecified atom stereocenters. The van der Waals surface area contributed by atoms with E-state index in [2.05, 4.69) is 26.5 Å². The maximum atomic E-state index is 3.26. The fraction of sp³-hybridized carbons (Fsp3) is 1.00. The molecular weight excluding hydrogens is 136 g/mol. The van der Waals surface area contributed by atoms with Gasteiger partial charge in [0.25, 0.3) is 0 Å². The van der Waals surface area contributed by atoms with Gasteiger partial charge in [0.1, 0.15) is 0 Å². The summed E-state index contributed by atoms with van der Waals surface area (Å²) in [6.07, 6.45) is 2.79. The van der Waals surface area contributed by atoms with Crippen LogP contribution in [0.2, 0.25) is 0 Å². The predicted molar refractivity (Wildman–Crippen MR) is 48.5 cm³/mol. The van der Waals surface area contributed by atoms with Gasteiger partial charge in [-0.15, -0.1) is 0 Å². The highest BCUT2D eigenvalue weighted by Gasteiger charge is 2.25. The number of quaternary nitrogens is 1. The average molecular weight is 157 g/mol. The lowest BCUT2D eigenvalue weighted by atomic mass is 9.96. The summed E-state index contributed by atoms with van der Waals surface area (Å²) >= 11 is 0. The van der Waals surface area contributed by atoms with Crippen molar-refractivity contribution in [2.45, 2.75) is 12.8 Å². The van der Waals surface area contributed by atoms with E-state index in [0.717, 1.165) is 5.92 Å². The van der Waals surface area contributed by atoms with Crippen molar-refractivity contribution in [3.05, 3.63) is 0 Å². The molecule has 0 aliphatic carbocycles. The van der Waals surface area contributed by atoms with E-state index in [9.17, 15) is 0 Å². The van der Waals surface area contributed by atoms with Gasteiger partial charge in [0.05, 0.1) is 27.2 Å². The van der Waals surface area contributed by atoms with Crippen LogP contribution in [0, 0.1) is 5.92 Å². The Hall–Kier alpha value is -0.0800. The molecule has 0 saturated carbocycles. The van der Waals surface area contributed by atoms with Gasteiger partial charge in [0, 0.05) is 12.8 Å². The zero-order valence-corrected chi connectivity index (χ0v) is 8.06. The predicted octanol–water partition coefficient (Wildman–Crippen LogP) is 0.692. The first-order valence-corrected chi connectivity index (χ1v) is 4.61. The number of nitrogens with one attached hydrogen (secondary N) is 1. The van der Waals surface area contributed by atoms with Crippen LogP contribution in [0.4, 0.5) is 0 Å². The Kier molecular flexibility index (Phi) is 2.90. The third-order valence-electron chi connectivity index (χ3n) is 2.78. The topological polar surface area (TPSA) is 12.0 Å². The second-order valence-electron chi connectivity index (χ2n) is 4.38. The zero-order chi connectivity index (χ0) is 8.32. The van der Waals surface area contributed by atoms with E-state index < -0.39 is 0 Å². The quantitative estimate of drug-likeness (QED) is 0.582. The molecule has 1 rings (SSSR count). The molecule has 0 aromatic heterocycles. The highest BCUT2D eigenvalue weighted by Crippen LogP contribution is 2.18. The van der Waals surface area contributed by atoms with Crippen LogP contribution in [-0.2, 0) is 0 Å². The molecule has 2 heteroatoms. The minimum absolute atomic E-state index is 0.936. The second kappa shape index (κ2) is 3.55. The van der Waals surface area contributed by atoms with Crippen molar-refractivity contribution < 1.29 is 4.48 Å².